The third-order valence-electron chi connectivity index (χ3n) is 3.96. The van der Waals surface area contributed by atoms with E-state index >= 15 is 0 Å². The molecule has 0 aliphatic carbocycles. The van der Waals surface area contributed by atoms with Crippen LogP contribution >= 0.6 is 38.6 Å². The number of nitrogens with one attached hydrogen (secondary N) is 2. The molecule has 0 spiro atoms. The Hall–Kier alpha value is -2.53. The van der Waals surface area contributed by atoms with Crippen molar-refractivity contribution in [2.45, 2.75) is 6.92 Å². The Balaban J connectivity index is 1.71. The molecule has 10 heteroatoms. The molecule has 3 rings (SSSR count). The second-order valence-electron chi connectivity index (χ2n) is 6.47. The summed E-state index contributed by atoms with van der Waals surface area (Å²) >= 11 is 5.87. The summed E-state index contributed by atoms with van der Waals surface area (Å²) < 4.78 is 0.957. The standard InChI is InChI=1S/C20H19BrN4O3S2/c1-11(14-10-29-18(17(14)26)12-4-6-13(21)7-5-12)22-23-19(27)15-8-9-16(30-15)20(28)24-25(2)3/h4-10,26H,1-3H3,(H,23,27)(H,24,28). The van der Waals surface area contributed by atoms with Crippen molar-refractivity contribution >= 4 is 56.1 Å². The number of hydrazine groups is 1. The number of rotatable bonds is 6. The number of halogens is 1. The highest BCUT2D eigenvalue weighted by molar-refractivity contribution is 9.10. The van der Waals surface area contributed by atoms with Crippen molar-refractivity contribution in [2.24, 2.45) is 5.10 Å². The van der Waals surface area contributed by atoms with Crippen LogP contribution < -0.4 is 10.9 Å². The van der Waals surface area contributed by atoms with Crippen LogP contribution in [-0.2, 0) is 0 Å². The number of hydrogen-bond acceptors (Lipinski definition) is 7. The first-order chi connectivity index (χ1) is 14.3. The summed E-state index contributed by atoms with van der Waals surface area (Å²) in [5.41, 5.74) is 7.02. The molecule has 0 radical (unpaired) electrons. The zero-order valence-corrected chi connectivity index (χ0v) is 19.6. The number of hydrazone groups is 1. The van der Waals surface area contributed by atoms with E-state index in [0.717, 1.165) is 26.3 Å². The molecule has 0 bridgehead atoms. The lowest BCUT2D eigenvalue weighted by Gasteiger charge is -2.09. The fraction of sp³-hybridized carbons (Fsp3) is 0.150. The van der Waals surface area contributed by atoms with Gasteiger partial charge in [0.15, 0.2) is 0 Å². The Kier molecular flexibility index (Phi) is 7.03. The molecule has 7 nitrogen and oxygen atoms in total. The molecule has 30 heavy (non-hydrogen) atoms. The van der Waals surface area contributed by atoms with Crippen LogP contribution in [0.3, 0.4) is 0 Å². The van der Waals surface area contributed by atoms with Crippen LogP contribution in [0.25, 0.3) is 10.4 Å². The molecule has 156 valence electrons. The third kappa shape index (κ3) is 5.14. The minimum atomic E-state index is -0.425. The topological polar surface area (TPSA) is 94.0 Å². The SMILES string of the molecule is CC(=NNC(=O)c1ccc(C(=O)NN(C)C)s1)c1csc(-c2ccc(Br)cc2)c1O. The zero-order valence-electron chi connectivity index (χ0n) is 16.4. The summed E-state index contributed by atoms with van der Waals surface area (Å²) in [6.07, 6.45) is 0. The highest BCUT2D eigenvalue weighted by Gasteiger charge is 2.16. The Morgan fingerprint density at radius 1 is 1.07 bits per heavy atom. The second kappa shape index (κ2) is 9.52. The lowest BCUT2D eigenvalue weighted by atomic mass is 10.1. The van der Waals surface area contributed by atoms with Gasteiger partial charge in [0.05, 0.1) is 25.9 Å². The van der Waals surface area contributed by atoms with Gasteiger partial charge in [0, 0.05) is 23.9 Å². The lowest BCUT2D eigenvalue weighted by Crippen LogP contribution is -2.35. The number of aromatic hydroxyl groups is 1. The summed E-state index contributed by atoms with van der Waals surface area (Å²) in [4.78, 5) is 25.9. The van der Waals surface area contributed by atoms with Gasteiger partial charge in [-0.2, -0.15) is 5.10 Å². The number of nitrogens with zero attached hydrogens (tertiary/aromatic N) is 2. The van der Waals surface area contributed by atoms with E-state index in [4.69, 9.17) is 0 Å². The van der Waals surface area contributed by atoms with Crippen LogP contribution in [0.4, 0.5) is 0 Å². The Labute approximate surface area is 190 Å². The van der Waals surface area contributed by atoms with Gasteiger partial charge in [-0.05, 0) is 36.8 Å². The average Bonchev–Trinajstić information content (AvgIpc) is 3.33. The van der Waals surface area contributed by atoms with E-state index in [1.807, 2.05) is 24.3 Å². The van der Waals surface area contributed by atoms with Gasteiger partial charge >= 0.3 is 0 Å². The highest BCUT2D eigenvalue weighted by Crippen LogP contribution is 2.39. The van der Waals surface area contributed by atoms with Gasteiger partial charge in [0.2, 0.25) is 0 Å². The van der Waals surface area contributed by atoms with Crippen molar-refractivity contribution in [3.8, 4) is 16.2 Å². The molecule has 2 aromatic heterocycles. The molecule has 0 saturated carbocycles. The summed E-state index contributed by atoms with van der Waals surface area (Å²) in [5.74, 6) is -0.588. The summed E-state index contributed by atoms with van der Waals surface area (Å²) in [6.45, 7) is 1.71. The van der Waals surface area contributed by atoms with Crippen molar-refractivity contribution in [3.63, 3.8) is 0 Å². The number of amides is 2. The van der Waals surface area contributed by atoms with Gasteiger partial charge in [-0.25, -0.2) is 10.4 Å². The van der Waals surface area contributed by atoms with Crippen molar-refractivity contribution in [2.75, 3.05) is 14.1 Å². The van der Waals surface area contributed by atoms with Crippen LogP contribution in [0.1, 0.15) is 31.8 Å². The van der Waals surface area contributed by atoms with Gasteiger partial charge in [-0.3, -0.25) is 15.0 Å². The summed E-state index contributed by atoms with van der Waals surface area (Å²) in [5, 5.41) is 18.0. The van der Waals surface area contributed by atoms with E-state index in [0.29, 0.717) is 21.0 Å². The first-order valence-corrected chi connectivity index (χ1v) is 11.2. The van der Waals surface area contributed by atoms with Gasteiger partial charge in [-0.1, -0.05) is 28.1 Å². The van der Waals surface area contributed by atoms with E-state index in [1.54, 1.807) is 38.5 Å². The van der Waals surface area contributed by atoms with Gasteiger partial charge in [0.25, 0.3) is 11.8 Å². The van der Waals surface area contributed by atoms with E-state index < -0.39 is 5.91 Å². The Bertz CT molecular complexity index is 1100. The molecule has 0 saturated heterocycles. The molecule has 1 aromatic carbocycles. The molecule has 3 aromatic rings. The lowest BCUT2D eigenvalue weighted by molar-refractivity contribution is 0.0861. The van der Waals surface area contributed by atoms with E-state index in [2.05, 4.69) is 31.9 Å². The largest absolute Gasteiger partial charge is 0.506 e. The fourth-order valence-electron chi connectivity index (χ4n) is 2.50. The Morgan fingerprint density at radius 3 is 2.33 bits per heavy atom. The molecule has 2 heterocycles. The normalized spacial score (nSPS) is 11.6. The summed E-state index contributed by atoms with van der Waals surface area (Å²) in [6, 6.07) is 10.8. The predicted octanol–water partition coefficient (Wildman–Crippen LogP) is 4.31. The predicted molar refractivity (Wildman–Crippen MR) is 124 cm³/mol. The fourth-order valence-corrected chi connectivity index (χ4v) is 4.57. The van der Waals surface area contributed by atoms with Crippen molar-refractivity contribution in [3.05, 3.63) is 61.6 Å². The molecule has 2 amide bonds. The molecular weight excluding hydrogens is 488 g/mol. The van der Waals surface area contributed by atoms with E-state index in [9.17, 15) is 14.7 Å². The molecule has 3 N–H and O–H groups in total. The van der Waals surface area contributed by atoms with Crippen LogP contribution in [0.15, 0.2) is 51.4 Å². The maximum absolute atomic E-state index is 12.4. The quantitative estimate of drug-likeness (QED) is 0.343. The van der Waals surface area contributed by atoms with Crippen LogP contribution in [-0.4, -0.2) is 41.7 Å². The number of carbonyl (C=O) groups excluding carboxylic acids is 2. The average molecular weight is 507 g/mol. The molecule has 0 aliphatic heterocycles. The summed E-state index contributed by atoms with van der Waals surface area (Å²) in [7, 11) is 3.41. The molecular formula is C20H19BrN4O3S2. The highest BCUT2D eigenvalue weighted by atomic mass is 79.9. The Morgan fingerprint density at radius 2 is 1.70 bits per heavy atom. The van der Waals surface area contributed by atoms with Gasteiger partial charge in [0.1, 0.15) is 5.75 Å². The van der Waals surface area contributed by atoms with Crippen molar-refractivity contribution < 1.29 is 14.7 Å². The number of carbonyl (C=O) groups is 2. The first kappa shape index (κ1) is 22.2. The first-order valence-electron chi connectivity index (χ1n) is 8.75. The molecule has 0 unspecified atom stereocenters. The number of thiophene rings is 2. The smallest absolute Gasteiger partial charge is 0.281 e. The maximum atomic E-state index is 12.4. The van der Waals surface area contributed by atoms with Crippen LogP contribution in [0.5, 0.6) is 5.75 Å². The van der Waals surface area contributed by atoms with Crippen LogP contribution in [0.2, 0.25) is 0 Å². The maximum Gasteiger partial charge on any atom is 0.281 e. The monoisotopic (exact) mass is 506 g/mol. The third-order valence-corrected chi connectivity index (χ3v) is 6.59. The van der Waals surface area contributed by atoms with Crippen molar-refractivity contribution in [1.29, 1.82) is 0 Å². The minimum absolute atomic E-state index is 0.122. The van der Waals surface area contributed by atoms with E-state index in [1.165, 1.54) is 16.3 Å². The second-order valence-corrected chi connectivity index (χ2v) is 9.35. The molecule has 0 fully saturated rings. The van der Waals surface area contributed by atoms with Gasteiger partial charge < -0.3 is 5.11 Å². The number of hydrogen-bond donors (Lipinski definition) is 3. The molecule has 0 aliphatic rings. The van der Waals surface area contributed by atoms with Crippen molar-refractivity contribution in [1.82, 2.24) is 15.9 Å². The minimum Gasteiger partial charge on any atom is -0.506 e. The molecule has 0 atom stereocenters. The zero-order chi connectivity index (χ0) is 21.8. The van der Waals surface area contributed by atoms with E-state index in [-0.39, 0.29) is 11.7 Å². The van der Waals surface area contributed by atoms with Gasteiger partial charge in [-0.15, -0.1) is 22.7 Å². The van der Waals surface area contributed by atoms with Crippen LogP contribution in [0, 0.1) is 0 Å². The number of benzene rings is 1.